The van der Waals surface area contributed by atoms with E-state index in [2.05, 4.69) is 14.7 Å². The Morgan fingerprint density at radius 3 is 2.61 bits per heavy atom. The molecule has 2 N–H and O–H groups in total. The number of carbonyl (C=O) groups is 1. The maximum Gasteiger partial charge on any atom is 0.406 e. The van der Waals surface area contributed by atoms with Gasteiger partial charge in [0.25, 0.3) is 5.91 Å². The van der Waals surface area contributed by atoms with E-state index in [4.69, 9.17) is 0 Å². The van der Waals surface area contributed by atoms with Gasteiger partial charge in [0, 0.05) is 30.4 Å². The summed E-state index contributed by atoms with van der Waals surface area (Å²) in [5.74, 6) is -0.502. The number of anilines is 1. The lowest BCUT2D eigenvalue weighted by atomic mass is 9.85. The summed E-state index contributed by atoms with van der Waals surface area (Å²) in [4.78, 5) is 22.7. The highest BCUT2D eigenvalue weighted by atomic mass is 32.2. The zero-order chi connectivity index (χ0) is 22.4. The maximum atomic E-state index is 13.1. The molecule has 12 heteroatoms. The standard InChI is InChI=1S/C19H24F3N5O3S/c1-31(29,30)25-8-12-2-4-13(5-3-12)27-11-26(10-19(20,21)22)18(28)15-9-24-17-14(16(15)27)6-7-23-17/h6-7,9,12-13,25H,2-5,8,10-11H2,1H3,(H,23,24). The molecular formula is C19H24F3N5O3S. The molecule has 2 aliphatic rings. The minimum absolute atomic E-state index is 0.0578. The van der Waals surface area contributed by atoms with E-state index in [-0.39, 0.29) is 24.2 Å². The van der Waals surface area contributed by atoms with Crippen LogP contribution in [0, 0.1) is 5.92 Å². The second-order valence-electron chi connectivity index (χ2n) is 8.29. The van der Waals surface area contributed by atoms with Crippen molar-refractivity contribution in [1.82, 2.24) is 19.6 Å². The molecule has 1 aliphatic carbocycles. The molecule has 0 unspecified atom stereocenters. The van der Waals surface area contributed by atoms with Gasteiger partial charge in [-0.05, 0) is 37.7 Å². The molecule has 1 fully saturated rings. The van der Waals surface area contributed by atoms with Crippen molar-refractivity contribution in [3.8, 4) is 0 Å². The van der Waals surface area contributed by atoms with Crippen LogP contribution >= 0.6 is 0 Å². The number of hydrogen-bond donors (Lipinski definition) is 2. The van der Waals surface area contributed by atoms with Crippen molar-refractivity contribution in [2.45, 2.75) is 37.9 Å². The summed E-state index contributed by atoms with van der Waals surface area (Å²) < 4.78 is 64.5. The van der Waals surface area contributed by atoms with Crippen molar-refractivity contribution in [3.05, 3.63) is 24.0 Å². The summed E-state index contributed by atoms with van der Waals surface area (Å²) in [5.41, 5.74) is 1.36. The average molecular weight is 459 g/mol. The van der Waals surface area contributed by atoms with Crippen LogP contribution < -0.4 is 9.62 Å². The molecule has 8 nitrogen and oxygen atoms in total. The van der Waals surface area contributed by atoms with Gasteiger partial charge in [0.15, 0.2) is 0 Å². The fourth-order valence-electron chi connectivity index (χ4n) is 4.52. The average Bonchev–Trinajstić information content (AvgIpc) is 3.16. The number of hydrogen-bond acceptors (Lipinski definition) is 5. The number of halogens is 3. The third kappa shape index (κ3) is 4.79. The van der Waals surface area contributed by atoms with Crippen LogP contribution in [0.25, 0.3) is 11.0 Å². The third-order valence-corrected chi connectivity index (χ3v) is 6.64. The highest BCUT2D eigenvalue weighted by Gasteiger charge is 2.41. The Labute approximate surface area is 177 Å². The summed E-state index contributed by atoms with van der Waals surface area (Å²) >= 11 is 0. The van der Waals surface area contributed by atoms with Crippen molar-refractivity contribution in [2.75, 3.05) is 30.9 Å². The predicted octanol–water partition coefficient (Wildman–Crippen LogP) is 2.45. The van der Waals surface area contributed by atoms with Crippen LogP contribution in [-0.4, -0.2) is 67.4 Å². The van der Waals surface area contributed by atoms with Crippen LogP contribution in [-0.2, 0) is 10.0 Å². The first kappa shape index (κ1) is 21.9. The molecule has 170 valence electrons. The Kier molecular flexibility index (Phi) is 5.63. The van der Waals surface area contributed by atoms with Crippen LogP contribution in [0.15, 0.2) is 18.5 Å². The molecule has 1 aliphatic heterocycles. The van der Waals surface area contributed by atoms with Gasteiger partial charge >= 0.3 is 6.18 Å². The number of fused-ring (bicyclic) bond motifs is 3. The number of aromatic nitrogens is 2. The topological polar surface area (TPSA) is 98.4 Å². The number of rotatable bonds is 5. The van der Waals surface area contributed by atoms with E-state index in [0.717, 1.165) is 24.0 Å². The van der Waals surface area contributed by atoms with Gasteiger partial charge in [-0.15, -0.1) is 0 Å². The normalized spacial score (nSPS) is 22.8. The molecule has 1 amide bonds. The largest absolute Gasteiger partial charge is 0.406 e. The van der Waals surface area contributed by atoms with Crippen molar-refractivity contribution in [3.63, 3.8) is 0 Å². The Hall–Kier alpha value is -2.34. The lowest BCUT2D eigenvalue weighted by molar-refractivity contribution is -0.141. The van der Waals surface area contributed by atoms with E-state index in [0.29, 0.717) is 36.1 Å². The van der Waals surface area contributed by atoms with Gasteiger partial charge in [0.1, 0.15) is 12.2 Å². The van der Waals surface area contributed by atoms with Gasteiger partial charge in [0.2, 0.25) is 10.0 Å². The second-order valence-corrected chi connectivity index (χ2v) is 10.1. The smallest absolute Gasteiger partial charge is 0.349 e. The fourth-order valence-corrected chi connectivity index (χ4v) is 5.05. The first-order valence-electron chi connectivity index (χ1n) is 10.1. The zero-order valence-electron chi connectivity index (χ0n) is 16.9. The molecule has 0 radical (unpaired) electrons. The van der Waals surface area contributed by atoms with Crippen molar-refractivity contribution >= 4 is 32.7 Å². The van der Waals surface area contributed by atoms with E-state index in [1.54, 1.807) is 12.3 Å². The minimum Gasteiger partial charge on any atom is -0.349 e. The van der Waals surface area contributed by atoms with Gasteiger partial charge in [-0.1, -0.05) is 0 Å². The van der Waals surface area contributed by atoms with Gasteiger partial charge in [-0.25, -0.2) is 18.1 Å². The SMILES string of the molecule is CS(=O)(=O)NCC1CCC(N2CN(CC(F)(F)F)C(=O)c3cnc4[nH]ccc4c32)CC1. The lowest BCUT2D eigenvalue weighted by Gasteiger charge is -2.45. The molecule has 2 aromatic heterocycles. The molecule has 0 bridgehead atoms. The number of pyridine rings is 1. The Morgan fingerprint density at radius 1 is 1.26 bits per heavy atom. The Balaban J connectivity index is 1.60. The molecule has 31 heavy (non-hydrogen) atoms. The molecule has 0 saturated heterocycles. The number of sulfonamides is 1. The van der Waals surface area contributed by atoms with E-state index >= 15 is 0 Å². The maximum absolute atomic E-state index is 13.1. The molecular weight excluding hydrogens is 435 g/mol. The predicted molar refractivity (Wildman–Crippen MR) is 109 cm³/mol. The molecule has 4 rings (SSSR count). The van der Waals surface area contributed by atoms with Gasteiger partial charge in [-0.3, -0.25) is 4.79 Å². The summed E-state index contributed by atoms with van der Waals surface area (Å²) in [7, 11) is -3.27. The number of amides is 1. The van der Waals surface area contributed by atoms with Crippen LogP contribution in [0.4, 0.5) is 18.9 Å². The van der Waals surface area contributed by atoms with Crippen molar-refractivity contribution in [1.29, 1.82) is 0 Å². The van der Waals surface area contributed by atoms with Crippen LogP contribution in [0.3, 0.4) is 0 Å². The van der Waals surface area contributed by atoms with Crippen molar-refractivity contribution < 1.29 is 26.4 Å². The molecule has 0 aromatic carbocycles. The van der Waals surface area contributed by atoms with Gasteiger partial charge < -0.3 is 14.8 Å². The van der Waals surface area contributed by atoms with Crippen LogP contribution in [0.2, 0.25) is 0 Å². The van der Waals surface area contributed by atoms with E-state index in [9.17, 15) is 26.4 Å². The highest BCUT2D eigenvalue weighted by molar-refractivity contribution is 7.88. The Morgan fingerprint density at radius 2 is 1.97 bits per heavy atom. The molecule has 3 heterocycles. The van der Waals surface area contributed by atoms with Crippen LogP contribution in [0.5, 0.6) is 0 Å². The number of aromatic amines is 1. The van der Waals surface area contributed by atoms with Gasteiger partial charge in [0.05, 0.1) is 24.2 Å². The number of nitrogens with one attached hydrogen (secondary N) is 2. The number of nitrogens with zero attached hydrogens (tertiary/aromatic N) is 3. The van der Waals surface area contributed by atoms with Gasteiger partial charge in [-0.2, -0.15) is 13.2 Å². The van der Waals surface area contributed by atoms with E-state index in [1.807, 2.05) is 4.90 Å². The second kappa shape index (κ2) is 7.97. The van der Waals surface area contributed by atoms with E-state index in [1.165, 1.54) is 6.20 Å². The van der Waals surface area contributed by atoms with E-state index < -0.39 is 28.7 Å². The Bertz CT molecular complexity index is 1080. The first-order valence-corrected chi connectivity index (χ1v) is 11.9. The molecule has 2 aromatic rings. The van der Waals surface area contributed by atoms with Crippen molar-refractivity contribution in [2.24, 2.45) is 5.92 Å². The highest BCUT2D eigenvalue weighted by Crippen LogP contribution is 2.39. The summed E-state index contributed by atoms with van der Waals surface area (Å²) in [6.07, 6.45) is 2.52. The van der Waals surface area contributed by atoms with Crippen LogP contribution in [0.1, 0.15) is 36.0 Å². The molecule has 0 spiro atoms. The third-order valence-electron chi connectivity index (χ3n) is 5.95. The monoisotopic (exact) mass is 459 g/mol. The molecule has 1 saturated carbocycles. The number of H-pyrrole nitrogens is 1. The zero-order valence-corrected chi connectivity index (χ0v) is 17.8. The lowest BCUT2D eigenvalue weighted by Crippen LogP contribution is -2.54. The number of carbonyl (C=O) groups excluding carboxylic acids is 1. The number of alkyl halides is 3. The quantitative estimate of drug-likeness (QED) is 0.716. The fraction of sp³-hybridized carbons (Fsp3) is 0.579. The summed E-state index contributed by atoms with van der Waals surface area (Å²) in [5, 5.41) is 0.707. The summed E-state index contributed by atoms with van der Waals surface area (Å²) in [6, 6.07) is 1.72. The summed E-state index contributed by atoms with van der Waals surface area (Å²) in [6.45, 7) is -1.11. The first-order chi connectivity index (χ1) is 14.5. The minimum atomic E-state index is -4.50. The molecule has 0 atom stereocenters.